The summed E-state index contributed by atoms with van der Waals surface area (Å²) in [6.45, 7) is 10.4. The lowest BCUT2D eigenvalue weighted by Crippen LogP contribution is -2.46. The Morgan fingerprint density at radius 2 is 1.92 bits per heavy atom. The van der Waals surface area contributed by atoms with Crippen LogP contribution in [0.5, 0.6) is 0 Å². The highest BCUT2D eigenvalue weighted by Gasteiger charge is 2.30. The van der Waals surface area contributed by atoms with Crippen LogP contribution in [0.2, 0.25) is 0 Å². The van der Waals surface area contributed by atoms with Gasteiger partial charge in [-0.2, -0.15) is 0 Å². The van der Waals surface area contributed by atoms with Crippen LogP contribution in [0.3, 0.4) is 0 Å². The van der Waals surface area contributed by atoms with Crippen LogP contribution < -0.4 is 5.43 Å². The Morgan fingerprint density at radius 1 is 1.31 bits per heavy atom. The van der Waals surface area contributed by atoms with Crippen molar-refractivity contribution in [2.24, 2.45) is 5.92 Å². The van der Waals surface area contributed by atoms with Crippen molar-refractivity contribution in [3.63, 3.8) is 0 Å². The molecule has 0 saturated carbocycles. The van der Waals surface area contributed by atoms with E-state index in [0.717, 1.165) is 18.0 Å². The van der Waals surface area contributed by atoms with E-state index in [9.17, 15) is 0 Å². The summed E-state index contributed by atoms with van der Waals surface area (Å²) in [5, 5.41) is 2.50. The molecule has 1 N–H and O–H groups in total. The lowest BCUT2D eigenvalue weighted by Gasteiger charge is -2.33. The Labute approximate surface area is 82.7 Å². The van der Waals surface area contributed by atoms with Crippen molar-refractivity contribution in [1.29, 1.82) is 0 Å². The number of nitrogens with zero attached hydrogens (tertiary/aromatic N) is 1. The van der Waals surface area contributed by atoms with E-state index in [2.05, 4.69) is 38.1 Å². The van der Waals surface area contributed by atoms with Gasteiger partial charge >= 0.3 is 0 Å². The van der Waals surface area contributed by atoms with Gasteiger partial charge in [0.05, 0.1) is 0 Å². The number of rotatable bonds is 4. The Kier molecular flexibility index (Phi) is 4.20. The number of hydrazine groups is 1. The second kappa shape index (κ2) is 4.97. The first-order valence-electron chi connectivity index (χ1n) is 5.72. The van der Waals surface area contributed by atoms with Crippen LogP contribution in [-0.2, 0) is 0 Å². The third kappa shape index (κ3) is 2.44. The maximum atomic E-state index is 3.52. The summed E-state index contributed by atoms with van der Waals surface area (Å²) < 4.78 is 0. The van der Waals surface area contributed by atoms with Crippen LogP contribution in [0.15, 0.2) is 0 Å². The number of hydrogen-bond acceptors (Lipinski definition) is 2. The van der Waals surface area contributed by atoms with Gasteiger partial charge in [0.1, 0.15) is 0 Å². The van der Waals surface area contributed by atoms with Crippen molar-refractivity contribution in [3.05, 3.63) is 0 Å². The van der Waals surface area contributed by atoms with Crippen molar-refractivity contribution in [3.8, 4) is 0 Å². The topological polar surface area (TPSA) is 15.3 Å². The molecule has 2 heteroatoms. The van der Waals surface area contributed by atoms with Crippen molar-refractivity contribution >= 4 is 0 Å². The molecule has 1 fully saturated rings. The fourth-order valence-corrected chi connectivity index (χ4v) is 2.33. The summed E-state index contributed by atoms with van der Waals surface area (Å²) in [6.07, 6.45) is 3.83. The zero-order valence-electron chi connectivity index (χ0n) is 9.51. The fraction of sp³-hybridized carbons (Fsp3) is 1.00. The molecule has 1 unspecified atom stereocenters. The number of nitrogens with one attached hydrogen (secondary N) is 1. The molecule has 13 heavy (non-hydrogen) atoms. The number of hydrogen-bond donors (Lipinski definition) is 1. The van der Waals surface area contributed by atoms with Gasteiger partial charge in [0.2, 0.25) is 0 Å². The summed E-state index contributed by atoms with van der Waals surface area (Å²) in [5.74, 6) is 0.774. The van der Waals surface area contributed by atoms with E-state index in [-0.39, 0.29) is 0 Å². The monoisotopic (exact) mass is 184 g/mol. The van der Waals surface area contributed by atoms with Gasteiger partial charge in [-0.15, -0.1) is 0 Å². The fourth-order valence-electron chi connectivity index (χ4n) is 2.33. The minimum Gasteiger partial charge on any atom is -0.255 e. The molecule has 0 aromatic heterocycles. The van der Waals surface area contributed by atoms with E-state index < -0.39 is 0 Å². The van der Waals surface area contributed by atoms with Crippen LogP contribution in [-0.4, -0.2) is 23.6 Å². The lowest BCUT2D eigenvalue weighted by molar-refractivity contribution is 0.0883. The van der Waals surface area contributed by atoms with Crippen molar-refractivity contribution in [2.45, 2.75) is 59.0 Å². The van der Waals surface area contributed by atoms with Gasteiger partial charge in [0.25, 0.3) is 0 Å². The second-order valence-corrected chi connectivity index (χ2v) is 4.39. The van der Waals surface area contributed by atoms with E-state index in [1.807, 2.05) is 0 Å². The van der Waals surface area contributed by atoms with Gasteiger partial charge in [-0.05, 0) is 25.2 Å². The molecule has 1 rings (SSSR count). The minimum absolute atomic E-state index is 0.731. The van der Waals surface area contributed by atoms with Crippen LogP contribution in [0.1, 0.15) is 47.0 Å². The molecular weight excluding hydrogens is 160 g/mol. The quantitative estimate of drug-likeness (QED) is 0.722. The van der Waals surface area contributed by atoms with E-state index in [4.69, 9.17) is 0 Å². The average molecular weight is 184 g/mol. The molecule has 1 atom stereocenters. The highest BCUT2D eigenvalue weighted by Crippen LogP contribution is 2.22. The zero-order valence-corrected chi connectivity index (χ0v) is 9.51. The van der Waals surface area contributed by atoms with E-state index in [1.165, 1.54) is 25.8 Å². The SMILES string of the molecule is CCC(CC)N1NCCC1C(C)C. The standard InChI is InChI=1S/C11H24N2/c1-5-10(6-2)13-11(9(3)4)7-8-12-13/h9-12H,5-8H2,1-4H3. The molecule has 0 radical (unpaired) electrons. The molecule has 0 spiro atoms. The molecule has 0 aromatic rings. The first-order chi connectivity index (χ1) is 6.20. The van der Waals surface area contributed by atoms with Gasteiger partial charge in [-0.25, -0.2) is 5.01 Å². The third-order valence-electron chi connectivity index (χ3n) is 3.20. The van der Waals surface area contributed by atoms with Gasteiger partial charge < -0.3 is 0 Å². The first-order valence-corrected chi connectivity index (χ1v) is 5.72. The summed E-state index contributed by atoms with van der Waals surface area (Å²) in [4.78, 5) is 0. The van der Waals surface area contributed by atoms with Gasteiger partial charge in [-0.1, -0.05) is 27.7 Å². The van der Waals surface area contributed by atoms with E-state index in [1.54, 1.807) is 0 Å². The molecule has 0 amide bonds. The Balaban J connectivity index is 2.55. The molecule has 78 valence electrons. The summed E-state index contributed by atoms with van der Waals surface area (Å²) >= 11 is 0. The first kappa shape index (κ1) is 11.0. The molecule has 1 heterocycles. The molecule has 1 aliphatic heterocycles. The zero-order chi connectivity index (χ0) is 9.84. The summed E-state index contributed by atoms with van der Waals surface area (Å²) in [5.41, 5.74) is 3.52. The van der Waals surface area contributed by atoms with Crippen molar-refractivity contribution < 1.29 is 0 Å². The second-order valence-electron chi connectivity index (χ2n) is 4.39. The van der Waals surface area contributed by atoms with Gasteiger partial charge in [-0.3, -0.25) is 5.43 Å². The lowest BCUT2D eigenvalue weighted by atomic mass is 9.99. The van der Waals surface area contributed by atoms with Crippen LogP contribution in [0.25, 0.3) is 0 Å². The predicted molar refractivity (Wildman–Crippen MR) is 57.5 cm³/mol. The highest BCUT2D eigenvalue weighted by molar-refractivity contribution is 4.82. The Morgan fingerprint density at radius 3 is 2.38 bits per heavy atom. The van der Waals surface area contributed by atoms with Crippen LogP contribution >= 0.6 is 0 Å². The van der Waals surface area contributed by atoms with E-state index >= 15 is 0 Å². The molecular formula is C11H24N2. The van der Waals surface area contributed by atoms with Crippen LogP contribution in [0.4, 0.5) is 0 Å². The summed E-state index contributed by atoms with van der Waals surface area (Å²) in [6, 6.07) is 1.49. The molecule has 2 nitrogen and oxygen atoms in total. The molecule has 1 aliphatic rings. The Bertz CT molecular complexity index is 141. The van der Waals surface area contributed by atoms with Gasteiger partial charge in [0.15, 0.2) is 0 Å². The maximum absolute atomic E-state index is 3.52. The normalized spacial score (nSPS) is 24.9. The smallest absolute Gasteiger partial charge is 0.0282 e. The molecule has 0 bridgehead atoms. The third-order valence-corrected chi connectivity index (χ3v) is 3.20. The largest absolute Gasteiger partial charge is 0.255 e. The average Bonchev–Trinajstić information content (AvgIpc) is 2.55. The minimum atomic E-state index is 0.731. The predicted octanol–water partition coefficient (Wildman–Crippen LogP) is 2.41. The highest BCUT2D eigenvalue weighted by atomic mass is 15.6. The van der Waals surface area contributed by atoms with E-state index in [0.29, 0.717) is 0 Å². The molecule has 0 aromatic carbocycles. The van der Waals surface area contributed by atoms with Crippen molar-refractivity contribution in [1.82, 2.24) is 10.4 Å². The molecule has 0 aliphatic carbocycles. The molecule has 1 saturated heterocycles. The van der Waals surface area contributed by atoms with Crippen LogP contribution in [0, 0.1) is 5.92 Å². The van der Waals surface area contributed by atoms with Gasteiger partial charge in [0, 0.05) is 18.6 Å². The Hall–Kier alpha value is -0.0800. The maximum Gasteiger partial charge on any atom is 0.0282 e. The van der Waals surface area contributed by atoms with Crippen molar-refractivity contribution in [2.75, 3.05) is 6.54 Å². The summed E-state index contributed by atoms with van der Waals surface area (Å²) in [7, 11) is 0.